The van der Waals surface area contributed by atoms with Gasteiger partial charge in [-0.2, -0.15) is 0 Å². The number of nitrogens with two attached hydrogens (primary N) is 1. The lowest BCUT2D eigenvalue weighted by atomic mass is 9.85. The molecule has 1 aliphatic rings. The summed E-state index contributed by atoms with van der Waals surface area (Å²) in [4.78, 5) is 16.5. The average molecular weight is 353 g/mol. The van der Waals surface area contributed by atoms with Crippen LogP contribution in [0.4, 0.5) is 10.2 Å². The van der Waals surface area contributed by atoms with Gasteiger partial charge in [-0.3, -0.25) is 4.79 Å². The number of rotatable bonds is 3. The molecular formula is C20H20FN3O2. The predicted octanol–water partition coefficient (Wildman–Crippen LogP) is 4.09. The molecule has 0 spiro atoms. The fourth-order valence-corrected chi connectivity index (χ4v) is 3.61. The van der Waals surface area contributed by atoms with Crippen LogP contribution < -0.4 is 11.1 Å². The summed E-state index contributed by atoms with van der Waals surface area (Å²) in [5.41, 5.74) is 7.54. The van der Waals surface area contributed by atoms with Crippen LogP contribution in [-0.4, -0.2) is 16.9 Å². The van der Waals surface area contributed by atoms with Gasteiger partial charge in [0.1, 0.15) is 17.2 Å². The molecule has 0 unspecified atom stereocenters. The minimum absolute atomic E-state index is 0.0628. The second-order valence-electron chi connectivity index (χ2n) is 6.81. The number of fused-ring (bicyclic) bond motifs is 1. The highest BCUT2D eigenvalue weighted by atomic mass is 19.1. The number of hydrogen-bond acceptors (Lipinski definition) is 4. The summed E-state index contributed by atoms with van der Waals surface area (Å²) in [6, 6.07) is 8.97. The number of amides is 1. The van der Waals surface area contributed by atoms with E-state index in [9.17, 15) is 9.18 Å². The van der Waals surface area contributed by atoms with E-state index in [2.05, 4.69) is 10.3 Å². The van der Waals surface area contributed by atoms with E-state index < -0.39 is 5.82 Å². The third-order valence-electron chi connectivity index (χ3n) is 4.96. The van der Waals surface area contributed by atoms with Crippen molar-refractivity contribution < 1.29 is 13.6 Å². The Hall–Kier alpha value is -2.73. The predicted molar refractivity (Wildman–Crippen MR) is 98.0 cm³/mol. The van der Waals surface area contributed by atoms with Crippen molar-refractivity contribution in [2.24, 2.45) is 11.7 Å². The lowest BCUT2D eigenvalue weighted by Gasteiger charge is -2.25. The Morgan fingerprint density at radius 3 is 3.00 bits per heavy atom. The number of anilines is 1. The summed E-state index contributed by atoms with van der Waals surface area (Å²) in [6.45, 7) is 0. The lowest BCUT2D eigenvalue weighted by Crippen LogP contribution is -2.34. The average Bonchev–Trinajstić information content (AvgIpc) is 3.12. The first-order valence-electron chi connectivity index (χ1n) is 8.80. The maximum atomic E-state index is 14.4. The third-order valence-corrected chi connectivity index (χ3v) is 4.96. The topological polar surface area (TPSA) is 81.2 Å². The molecule has 2 heterocycles. The van der Waals surface area contributed by atoms with E-state index in [0.29, 0.717) is 28.9 Å². The van der Waals surface area contributed by atoms with E-state index in [1.54, 1.807) is 18.4 Å². The first-order chi connectivity index (χ1) is 12.6. The summed E-state index contributed by atoms with van der Waals surface area (Å²) in [6.07, 6.45) is 6.09. The first kappa shape index (κ1) is 16.7. The molecule has 3 N–H and O–H groups in total. The van der Waals surface area contributed by atoms with Crippen LogP contribution in [0.2, 0.25) is 0 Å². The Kier molecular flexibility index (Phi) is 4.42. The van der Waals surface area contributed by atoms with Gasteiger partial charge in [0.25, 0.3) is 0 Å². The number of aromatic nitrogens is 1. The summed E-state index contributed by atoms with van der Waals surface area (Å²) < 4.78 is 19.9. The Bertz CT molecular complexity index is 953. The van der Waals surface area contributed by atoms with Gasteiger partial charge in [-0.15, -0.1) is 0 Å². The van der Waals surface area contributed by atoms with Gasteiger partial charge in [-0.1, -0.05) is 24.6 Å². The minimum atomic E-state index is -0.466. The summed E-state index contributed by atoms with van der Waals surface area (Å²) in [7, 11) is 0. The molecule has 1 saturated carbocycles. The highest BCUT2D eigenvalue weighted by Gasteiger charge is 2.25. The van der Waals surface area contributed by atoms with E-state index in [-0.39, 0.29) is 17.9 Å². The standard InChI is InChI=1S/C20H20FN3O2/c21-17-11-23-18(24-20(25)13-4-1-5-14(22)9-13)10-16(17)15-6-2-3-12-7-8-26-19(12)15/h2-3,6-8,10-11,13-14H,1,4-5,9,22H2,(H,23,24,25)/t13-,14+/m0/s1. The van der Waals surface area contributed by atoms with Crippen molar-refractivity contribution in [1.29, 1.82) is 0 Å². The Morgan fingerprint density at radius 1 is 1.27 bits per heavy atom. The number of furan rings is 1. The molecule has 1 aromatic carbocycles. The molecule has 5 nitrogen and oxygen atoms in total. The third kappa shape index (κ3) is 3.20. The SMILES string of the molecule is N[C@@H]1CCC[C@H](C(=O)Nc2cc(-c3cccc4ccoc34)c(F)cn2)C1. The lowest BCUT2D eigenvalue weighted by molar-refractivity contribution is -0.120. The van der Waals surface area contributed by atoms with Crippen LogP contribution in [0.1, 0.15) is 25.7 Å². The molecule has 134 valence electrons. The fraction of sp³-hybridized carbons (Fsp3) is 0.300. The zero-order valence-corrected chi connectivity index (χ0v) is 14.2. The van der Waals surface area contributed by atoms with Gasteiger partial charge in [0, 0.05) is 28.5 Å². The number of carbonyl (C=O) groups is 1. The molecule has 1 fully saturated rings. The fourth-order valence-electron chi connectivity index (χ4n) is 3.61. The molecule has 6 heteroatoms. The first-order valence-corrected chi connectivity index (χ1v) is 8.80. The highest BCUT2D eigenvalue weighted by molar-refractivity contribution is 5.95. The molecule has 2 atom stereocenters. The van der Waals surface area contributed by atoms with Crippen molar-refractivity contribution in [2.45, 2.75) is 31.7 Å². The van der Waals surface area contributed by atoms with Gasteiger partial charge in [0.15, 0.2) is 0 Å². The van der Waals surface area contributed by atoms with Gasteiger partial charge >= 0.3 is 0 Å². The number of carbonyl (C=O) groups excluding carboxylic acids is 1. The Morgan fingerprint density at radius 2 is 2.15 bits per heavy atom. The van der Waals surface area contributed by atoms with E-state index in [4.69, 9.17) is 10.2 Å². The molecule has 3 aromatic rings. The van der Waals surface area contributed by atoms with Crippen LogP contribution in [0.25, 0.3) is 22.1 Å². The quantitative estimate of drug-likeness (QED) is 0.743. The smallest absolute Gasteiger partial charge is 0.228 e. The van der Waals surface area contributed by atoms with Gasteiger partial charge < -0.3 is 15.5 Å². The van der Waals surface area contributed by atoms with E-state index in [1.165, 1.54) is 0 Å². The second kappa shape index (κ2) is 6.88. The van der Waals surface area contributed by atoms with Gasteiger partial charge in [-0.05, 0) is 31.4 Å². The zero-order chi connectivity index (χ0) is 18.1. The van der Waals surface area contributed by atoms with Gasteiger partial charge in [0.05, 0.1) is 12.5 Å². The maximum Gasteiger partial charge on any atom is 0.228 e. The number of benzene rings is 1. The van der Waals surface area contributed by atoms with Crippen LogP contribution in [0.5, 0.6) is 0 Å². The highest BCUT2D eigenvalue weighted by Crippen LogP contribution is 2.32. The van der Waals surface area contributed by atoms with Crippen molar-refractivity contribution in [3.8, 4) is 11.1 Å². The van der Waals surface area contributed by atoms with Crippen LogP contribution in [0.15, 0.2) is 47.2 Å². The molecule has 26 heavy (non-hydrogen) atoms. The number of nitrogens with one attached hydrogen (secondary N) is 1. The second-order valence-corrected chi connectivity index (χ2v) is 6.81. The molecule has 1 amide bonds. The van der Waals surface area contributed by atoms with Crippen molar-refractivity contribution in [3.05, 3.63) is 48.6 Å². The van der Waals surface area contributed by atoms with Crippen LogP contribution in [0, 0.1) is 11.7 Å². The van der Waals surface area contributed by atoms with Crippen molar-refractivity contribution in [1.82, 2.24) is 4.98 Å². The van der Waals surface area contributed by atoms with Crippen LogP contribution in [-0.2, 0) is 4.79 Å². The Balaban J connectivity index is 1.62. The summed E-state index contributed by atoms with van der Waals surface area (Å²) in [5.74, 6) is -0.371. The number of hydrogen-bond donors (Lipinski definition) is 2. The van der Waals surface area contributed by atoms with Crippen LogP contribution >= 0.6 is 0 Å². The monoisotopic (exact) mass is 353 g/mol. The molecule has 4 rings (SSSR count). The van der Waals surface area contributed by atoms with Crippen LogP contribution in [0.3, 0.4) is 0 Å². The summed E-state index contributed by atoms with van der Waals surface area (Å²) >= 11 is 0. The molecule has 0 radical (unpaired) electrons. The number of para-hydroxylation sites is 1. The van der Waals surface area contributed by atoms with Crippen molar-refractivity contribution in [2.75, 3.05) is 5.32 Å². The van der Waals surface area contributed by atoms with E-state index >= 15 is 0 Å². The number of pyridine rings is 1. The van der Waals surface area contributed by atoms with E-state index in [0.717, 1.165) is 30.8 Å². The molecule has 0 aliphatic heterocycles. The molecule has 2 aromatic heterocycles. The van der Waals surface area contributed by atoms with Gasteiger partial charge in [0.2, 0.25) is 5.91 Å². The van der Waals surface area contributed by atoms with E-state index in [1.807, 2.05) is 18.2 Å². The largest absolute Gasteiger partial charge is 0.464 e. The maximum absolute atomic E-state index is 14.4. The molecule has 0 bridgehead atoms. The minimum Gasteiger partial charge on any atom is -0.464 e. The Labute approximate surface area is 150 Å². The normalized spacial score (nSPS) is 20.2. The zero-order valence-electron chi connectivity index (χ0n) is 14.2. The summed E-state index contributed by atoms with van der Waals surface area (Å²) in [5, 5.41) is 3.70. The van der Waals surface area contributed by atoms with Crippen molar-refractivity contribution in [3.63, 3.8) is 0 Å². The molecule has 0 saturated heterocycles. The number of halogens is 1. The molecular weight excluding hydrogens is 333 g/mol. The molecule has 1 aliphatic carbocycles. The van der Waals surface area contributed by atoms with Crippen molar-refractivity contribution >= 4 is 22.7 Å². The number of nitrogens with zero attached hydrogens (tertiary/aromatic N) is 1. The van der Waals surface area contributed by atoms with Gasteiger partial charge in [-0.25, -0.2) is 9.37 Å².